The summed E-state index contributed by atoms with van der Waals surface area (Å²) >= 11 is 1.70. The van der Waals surface area contributed by atoms with Gasteiger partial charge in [0.2, 0.25) is 0 Å². The van der Waals surface area contributed by atoms with Crippen LogP contribution in [0, 0.1) is 11.8 Å². The molecule has 1 N–H and O–H groups in total. The Kier molecular flexibility index (Phi) is 5.82. The molecule has 3 nitrogen and oxygen atoms in total. The van der Waals surface area contributed by atoms with Crippen LogP contribution in [0.2, 0.25) is 0 Å². The number of methoxy groups -OCH3 is 1. The van der Waals surface area contributed by atoms with Crippen molar-refractivity contribution in [2.75, 3.05) is 20.8 Å². The largest absolute Gasteiger partial charge is 0.497 e. The minimum atomic E-state index is -0.100. The van der Waals surface area contributed by atoms with Gasteiger partial charge in [-0.05, 0) is 36.2 Å². The molecule has 2 rings (SSSR count). The van der Waals surface area contributed by atoms with E-state index in [1.807, 2.05) is 23.6 Å². The van der Waals surface area contributed by atoms with Gasteiger partial charge in [-0.1, -0.05) is 24.0 Å². The summed E-state index contributed by atoms with van der Waals surface area (Å²) in [6, 6.07) is 10.1. The predicted octanol–water partition coefficient (Wildman–Crippen LogP) is 2.73. The molecule has 110 valence electrons. The minimum Gasteiger partial charge on any atom is -0.497 e. The van der Waals surface area contributed by atoms with Crippen LogP contribution in [0.25, 0.3) is 0 Å². The first kappa shape index (κ1) is 15.6. The Bertz CT molecular complexity index is 622. The topological polar surface area (TPSA) is 32.7 Å². The molecule has 0 aliphatic heterocycles. The van der Waals surface area contributed by atoms with E-state index in [2.05, 4.69) is 35.9 Å². The lowest BCUT2D eigenvalue weighted by Gasteiger charge is -2.16. The van der Waals surface area contributed by atoms with Crippen molar-refractivity contribution in [1.29, 1.82) is 0 Å². The molecule has 0 saturated carbocycles. The molecule has 0 amide bonds. The quantitative estimate of drug-likeness (QED) is 0.862. The first-order valence-electron chi connectivity index (χ1n) is 6.70. The van der Waals surface area contributed by atoms with Gasteiger partial charge in [-0.2, -0.15) is 0 Å². The third-order valence-electron chi connectivity index (χ3n) is 3.07. The van der Waals surface area contributed by atoms with E-state index in [0.717, 1.165) is 24.4 Å². The second-order valence-corrected chi connectivity index (χ2v) is 5.74. The first-order chi connectivity index (χ1) is 10.2. The summed E-state index contributed by atoms with van der Waals surface area (Å²) in [5.41, 5.74) is 2.26. The third-order valence-corrected chi connectivity index (χ3v) is 3.98. The van der Waals surface area contributed by atoms with Crippen LogP contribution in [-0.2, 0) is 13.1 Å². The van der Waals surface area contributed by atoms with Crippen molar-refractivity contribution in [3.8, 4) is 17.6 Å². The monoisotopic (exact) mass is 301 g/mol. The molecule has 21 heavy (non-hydrogen) atoms. The Morgan fingerprint density at radius 1 is 1.19 bits per heavy atom. The Morgan fingerprint density at radius 2 is 1.95 bits per heavy atom. The van der Waals surface area contributed by atoms with Crippen molar-refractivity contribution in [1.82, 2.24) is 4.90 Å². The average molecular weight is 301 g/mol. The highest BCUT2D eigenvalue weighted by Crippen LogP contribution is 2.19. The van der Waals surface area contributed by atoms with Crippen LogP contribution in [0.3, 0.4) is 0 Å². The smallest absolute Gasteiger partial charge is 0.118 e. The lowest BCUT2D eigenvalue weighted by Crippen LogP contribution is -2.17. The van der Waals surface area contributed by atoms with E-state index >= 15 is 0 Å². The highest BCUT2D eigenvalue weighted by Gasteiger charge is 2.07. The van der Waals surface area contributed by atoms with Gasteiger partial charge in [0, 0.05) is 23.5 Å². The van der Waals surface area contributed by atoms with Gasteiger partial charge in [0.25, 0.3) is 0 Å². The number of benzene rings is 1. The highest BCUT2D eigenvalue weighted by atomic mass is 32.1. The molecule has 0 fully saturated rings. The lowest BCUT2D eigenvalue weighted by molar-refractivity contribution is 0.321. The molecule has 0 aliphatic rings. The summed E-state index contributed by atoms with van der Waals surface area (Å²) < 4.78 is 5.17. The molecule has 0 atom stereocenters. The van der Waals surface area contributed by atoms with E-state index < -0.39 is 0 Å². The van der Waals surface area contributed by atoms with Crippen LogP contribution < -0.4 is 4.74 Å². The summed E-state index contributed by atoms with van der Waals surface area (Å²) in [5, 5.41) is 10.8. The SMILES string of the molecule is COc1ccc(CN(C)Cc2sccc2C#CCO)cc1. The van der Waals surface area contributed by atoms with Crippen molar-refractivity contribution < 1.29 is 9.84 Å². The fraction of sp³-hybridized carbons (Fsp3) is 0.294. The second kappa shape index (κ2) is 7.84. The second-order valence-electron chi connectivity index (χ2n) is 4.74. The number of hydrogen-bond acceptors (Lipinski definition) is 4. The molecule has 0 bridgehead atoms. The van der Waals surface area contributed by atoms with Crippen LogP contribution in [0.4, 0.5) is 0 Å². The maximum atomic E-state index is 8.78. The number of ether oxygens (including phenoxy) is 1. The number of aliphatic hydroxyl groups excluding tert-OH is 1. The van der Waals surface area contributed by atoms with Gasteiger partial charge in [0.15, 0.2) is 0 Å². The number of nitrogens with zero attached hydrogens (tertiary/aromatic N) is 1. The maximum absolute atomic E-state index is 8.78. The normalized spacial score (nSPS) is 10.3. The zero-order valence-electron chi connectivity index (χ0n) is 12.3. The van der Waals surface area contributed by atoms with Crippen LogP contribution in [-0.4, -0.2) is 30.8 Å². The summed E-state index contributed by atoms with van der Waals surface area (Å²) in [6.45, 7) is 1.62. The van der Waals surface area contributed by atoms with E-state index in [1.165, 1.54) is 10.4 Å². The molecular weight excluding hydrogens is 282 g/mol. The number of aliphatic hydroxyl groups is 1. The van der Waals surface area contributed by atoms with Crippen molar-refractivity contribution >= 4 is 11.3 Å². The van der Waals surface area contributed by atoms with Crippen molar-refractivity contribution in [2.24, 2.45) is 0 Å². The van der Waals surface area contributed by atoms with Gasteiger partial charge in [-0.15, -0.1) is 11.3 Å². The lowest BCUT2D eigenvalue weighted by atomic mass is 10.2. The standard InChI is InChI=1S/C17H19NO2S/c1-18(12-14-5-7-16(20-2)8-6-14)13-17-15(4-3-10-19)9-11-21-17/h5-9,11,19H,10,12-13H2,1-2H3. The summed E-state index contributed by atoms with van der Waals surface area (Å²) in [7, 11) is 3.76. The third kappa shape index (κ3) is 4.61. The van der Waals surface area contributed by atoms with Crippen LogP contribution in [0.5, 0.6) is 5.75 Å². The fourth-order valence-corrected chi connectivity index (χ4v) is 2.96. The summed E-state index contributed by atoms with van der Waals surface area (Å²) in [5.74, 6) is 6.58. The molecule has 0 radical (unpaired) electrons. The van der Waals surface area contributed by atoms with Gasteiger partial charge in [0.05, 0.1) is 7.11 Å². The summed E-state index contributed by atoms with van der Waals surface area (Å²) in [4.78, 5) is 3.48. The van der Waals surface area contributed by atoms with E-state index in [0.29, 0.717) is 0 Å². The Hall–Kier alpha value is -1.80. The van der Waals surface area contributed by atoms with E-state index in [1.54, 1.807) is 18.4 Å². The van der Waals surface area contributed by atoms with Gasteiger partial charge in [0.1, 0.15) is 12.4 Å². The van der Waals surface area contributed by atoms with Gasteiger partial charge >= 0.3 is 0 Å². The van der Waals surface area contributed by atoms with Gasteiger partial charge < -0.3 is 9.84 Å². The van der Waals surface area contributed by atoms with E-state index in [4.69, 9.17) is 9.84 Å². The molecule has 4 heteroatoms. The Labute approximate surface area is 129 Å². The van der Waals surface area contributed by atoms with Gasteiger partial charge in [-0.3, -0.25) is 4.90 Å². The first-order valence-corrected chi connectivity index (χ1v) is 7.58. The zero-order chi connectivity index (χ0) is 15.1. The summed E-state index contributed by atoms with van der Waals surface area (Å²) in [6.07, 6.45) is 0. The molecule has 0 saturated heterocycles. The number of hydrogen-bond donors (Lipinski definition) is 1. The predicted molar refractivity (Wildman–Crippen MR) is 86.4 cm³/mol. The van der Waals surface area contributed by atoms with Crippen LogP contribution >= 0.6 is 11.3 Å². The molecule has 1 aromatic heterocycles. The van der Waals surface area contributed by atoms with Gasteiger partial charge in [-0.25, -0.2) is 0 Å². The maximum Gasteiger partial charge on any atom is 0.118 e. The molecule has 2 aromatic rings. The highest BCUT2D eigenvalue weighted by molar-refractivity contribution is 7.10. The van der Waals surface area contributed by atoms with Crippen molar-refractivity contribution in [3.63, 3.8) is 0 Å². The van der Waals surface area contributed by atoms with Crippen molar-refractivity contribution in [3.05, 3.63) is 51.7 Å². The van der Waals surface area contributed by atoms with E-state index in [-0.39, 0.29) is 6.61 Å². The molecule has 0 spiro atoms. The average Bonchev–Trinajstić information content (AvgIpc) is 2.93. The minimum absolute atomic E-state index is 0.100. The number of thiophene rings is 1. The Morgan fingerprint density at radius 3 is 2.62 bits per heavy atom. The fourth-order valence-electron chi connectivity index (χ4n) is 2.05. The molecule has 1 aromatic carbocycles. The van der Waals surface area contributed by atoms with E-state index in [9.17, 15) is 0 Å². The Balaban J connectivity index is 1.97. The molecular formula is C17H19NO2S. The number of rotatable bonds is 5. The van der Waals surface area contributed by atoms with Crippen LogP contribution in [0.1, 0.15) is 16.0 Å². The molecule has 0 aliphatic carbocycles. The zero-order valence-corrected chi connectivity index (χ0v) is 13.1. The van der Waals surface area contributed by atoms with Crippen LogP contribution in [0.15, 0.2) is 35.7 Å². The molecule has 1 heterocycles. The molecule has 0 unspecified atom stereocenters. The van der Waals surface area contributed by atoms with Crippen molar-refractivity contribution in [2.45, 2.75) is 13.1 Å².